The Bertz CT molecular complexity index is 643. The number of nitrogens with zero attached hydrogens (tertiary/aromatic N) is 3. The van der Waals surface area contributed by atoms with Gasteiger partial charge >= 0.3 is 5.97 Å². The van der Waals surface area contributed by atoms with Crippen LogP contribution in [0.2, 0.25) is 0 Å². The van der Waals surface area contributed by atoms with Gasteiger partial charge in [0.25, 0.3) is 0 Å². The summed E-state index contributed by atoms with van der Waals surface area (Å²) in [5, 5.41) is 3.04. The average Bonchev–Trinajstić information content (AvgIpc) is 2.47. The monoisotopic (exact) mass is 301 g/mol. The lowest BCUT2D eigenvalue weighted by Crippen LogP contribution is -2.10. The number of ether oxygens (including phenoxy) is 1. The molecule has 0 amide bonds. The first-order valence-corrected chi connectivity index (χ1v) is 7.06. The van der Waals surface area contributed by atoms with E-state index in [1.807, 2.05) is 38.1 Å². The summed E-state index contributed by atoms with van der Waals surface area (Å²) in [6.45, 7) is 3.90. The van der Waals surface area contributed by atoms with Gasteiger partial charge in [0, 0.05) is 12.1 Å². The lowest BCUT2D eigenvalue weighted by atomic mass is 10.2. The van der Waals surface area contributed by atoms with Crippen molar-refractivity contribution in [1.82, 2.24) is 15.0 Å². The molecular weight excluding hydrogens is 282 g/mol. The molecule has 0 aliphatic heterocycles. The number of carbonyl (C=O) groups is 1. The Morgan fingerprint density at radius 2 is 1.95 bits per heavy atom. The minimum Gasteiger partial charge on any atom is -0.457 e. The second-order valence-corrected chi connectivity index (χ2v) is 4.84. The molecule has 0 aliphatic rings. The van der Waals surface area contributed by atoms with E-state index in [4.69, 9.17) is 10.5 Å². The molecule has 2 rings (SSSR count). The zero-order valence-electron chi connectivity index (χ0n) is 12.7. The molecule has 22 heavy (non-hydrogen) atoms. The fourth-order valence-electron chi connectivity index (χ4n) is 1.75. The van der Waals surface area contributed by atoms with E-state index in [1.165, 1.54) is 0 Å². The largest absolute Gasteiger partial charge is 0.457 e. The number of hydrogen-bond donors (Lipinski definition) is 2. The molecule has 1 heterocycles. The van der Waals surface area contributed by atoms with E-state index >= 15 is 0 Å². The van der Waals surface area contributed by atoms with Gasteiger partial charge in [-0.1, -0.05) is 24.6 Å². The Labute approximate surface area is 129 Å². The normalized spacial score (nSPS) is 10.3. The smallest absolute Gasteiger partial charge is 0.306 e. The lowest BCUT2D eigenvalue weighted by Gasteiger charge is -2.08. The summed E-state index contributed by atoms with van der Waals surface area (Å²) in [7, 11) is 0. The fourth-order valence-corrected chi connectivity index (χ4v) is 1.75. The second kappa shape index (κ2) is 7.35. The number of esters is 1. The number of carbonyl (C=O) groups excluding carboxylic acids is 1. The number of nitrogens with two attached hydrogens (primary N) is 1. The van der Waals surface area contributed by atoms with E-state index in [9.17, 15) is 4.79 Å². The van der Waals surface area contributed by atoms with Crippen LogP contribution in [0.5, 0.6) is 0 Å². The van der Waals surface area contributed by atoms with Crippen LogP contribution in [0.1, 0.15) is 31.2 Å². The molecule has 0 spiro atoms. The van der Waals surface area contributed by atoms with Crippen LogP contribution in [-0.2, 0) is 16.1 Å². The highest BCUT2D eigenvalue weighted by Crippen LogP contribution is 2.14. The summed E-state index contributed by atoms with van der Waals surface area (Å²) < 4.78 is 5.07. The van der Waals surface area contributed by atoms with Crippen LogP contribution in [-0.4, -0.2) is 20.9 Å². The quantitative estimate of drug-likeness (QED) is 0.789. The zero-order valence-corrected chi connectivity index (χ0v) is 12.7. The van der Waals surface area contributed by atoms with Gasteiger partial charge in [-0.05, 0) is 25.5 Å². The molecule has 0 aliphatic carbocycles. The topological polar surface area (TPSA) is 103 Å². The lowest BCUT2D eigenvalue weighted by molar-refractivity contribution is -0.145. The number of hydrogen-bond acceptors (Lipinski definition) is 7. The first kappa shape index (κ1) is 15.7. The predicted octanol–water partition coefficient (Wildman–Crippen LogP) is 2.35. The predicted molar refractivity (Wildman–Crippen MR) is 83.4 cm³/mol. The minimum atomic E-state index is -0.283. The van der Waals surface area contributed by atoms with Crippen LogP contribution in [0, 0.1) is 6.92 Å². The third-order valence-corrected chi connectivity index (χ3v) is 2.82. The number of aromatic nitrogens is 3. The van der Waals surface area contributed by atoms with Crippen LogP contribution in [0.15, 0.2) is 24.3 Å². The molecule has 1 aromatic heterocycles. The van der Waals surface area contributed by atoms with Gasteiger partial charge in [0.2, 0.25) is 11.9 Å². The van der Waals surface area contributed by atoms with Gasteiger partial charge in [0.15, 0.2) is 12.4 Å². The maximum Gasteiger partial charge on any atom is 0.306 e. The molecule has 0 radical (unpaired) electrons. The van der Waals surface area contributed by atoms with Crippen LogP contribution >= 0.6 is 0 Å². The van der Waals surface area contributed by atoms with E-state index in [-0.39, 0.29) is 18.5 Å². The number of nitrogen functional groups attached to an aromatic ring is 1. The van der Waals surface area contributed by atoms with E-state index in [2.05, 4.69) is 20.3 Å². The Balaban J connectivity index is 2.06. The van der Waals surface area contributed by atoms with Crippen molar-refractivity contribution in [3.8, 4) is 0 Å². The third-order valence-electron chi connectivity index (χ3n) is 2.82. The van der Waals surface area contributed by atoms with Crippen LogP contribution in [0.3, 0.4) is 0 Å². The van der Waals surface area contributed by atoms with E-state index in [1.54, 1.807) is 0 Å². The van der Waals surface area contributed by atoms with Gasteiger partial charge in [0.1, 0.15) is 0 Å². The Morgan fingerprint density at radius 3 is 2.64 bits per heavy atom. The maximum atomic E-state index is 11.4. The number of aryl methyl sites for hydroxylation is 1. The highest BCUT2D eigenvalue weighted by Gasteiger charge is 2.08. The molecule has 0 saturated heterocycles. The summed E-state index contributed by atoms with van der Waals surface area (Å²) in [5.41, 5.74) is 7.65. The molecule has 0 saturated carbocycles. The van der Waals surface area contributed by atoms with Gasteiger partial charge < -0.3 is 15.8 Å². The SMILES string of the molecule is CCCC(=O)OCc1nc(N)nc(Nc2ccc(C)cc2)n1. The van der Waals surface area contributed by atoms with Crippen molar-refractivity contribution in [2.45, 2.75) is 33.3 Å². The first-order chi connectivity index (χ1) is 10.6. The summed E-state index contributed by atoms with van der Waals surface area (Å²) in [5.74, 6) is 0.421. The molecule has 0 fully saturated rings. The molecule has 2 aromatic rings. The van der Waals surface area contributed by atoms with Gasteiger partial charge in [-0.15, -0.1) is 0 Å². The van der Waals surface area contributed by atoms with Crippen molar-refractivity contribution < 1.29 is 9.53 Å². The molecular formula is C15H19N5O2. The first-order valence-electron chi connectivity index (χ1n) is 7.06. The van der Waals surface area contributed by atoms with Gasteiger partial charge in [-0.3, -0.25) is 4.79 Å². The number of rotatable bonds is 6. The summed E-state index contributed by atoms with van der Waals surface area (Å²) in [4.78, 5) is 23.5. The number of anilines is 3. The summed E-state index contributed by atoms with van der Waals surface area (Å²) >= 11 is 0. The van der Waals surface area contributed by atoms with Gasteiger partial charge in [-0.2, -0.15) is 15.0 Å². The molecule has 7 nitrogen and oxygen atoms in total. The van der Waals surface area contributed by atoms with Crippen molar-refractivity contribution in [2.75, 3.05) is 11.1 Å². The average molecular weight is 301 g/mol. The van der Waals surface area contributed by atoms with Crippen molar-refractivity contribution in [2.24, 2.45) is 0 Å². The molecule has 116 valence electrons. The molecule has 0 bridgehead atoms. The molecule has 0 unspecified atom stereocenters. The van der Waals surface area contributed by atoms with Crippen molar-refractivity contribution in [3.63, 3.8) is 0 Å². The van der Waals surface area contributed by atoms with E-state index < -0.39 is 0 Å². The molecule has 3 N–H and O–H groups in total. The molecule has 1 aromatic carbocycles. The summed E-state index contributed by atoms with van der Waals surface area (Å²) in [6, 6.07) is 7.77. The minimum absolute atomic E-state index is 0.0197. The van der Waals surface area contributed by atoms with Crippen LogP contribution < -0.4 is 11.1 Å². The fraction of sp³-hybridized carbons (Fsp3) is 0.333. The van der Waals surface area contributed by atoms with Crippen LogP contribution in [0.4, 0.5) is 17.6 Å². The third kappa shape index (κ3) is 4.69. The van der Waals surface area contributed by atoms with E-state index in [0.717, 1.165) is 17.7 Å². The highest BCUT2D eigenvalue weighted by atomic mass is 16.5. The molecule has 0 atom stereocenters. The number of benzene rings is 1. The van der Waals surface area contributed by atoms with Crippen molar-refractivity contribution in [3.05, 3.63) is 35.7 Å². The standard InChI is InChI=1S/C15H19N5O2/c1-3-4-13(21)22-9-12-18-14(16)20-15(19-12)17-11-7-5-10(2)6-8-11/h5-8H,3-4,9H2,1-2H3,(H3,16,17,18,19,20). The number of nitrogens with one attached hydrogen (secondary N) is 1. The Kier molecular flexibility index (Phi) is 5.24. The summed E-state index contributed by atoms with van der Waals surface area (Å²) in [6.07, 6.45) is 1.10. The van der Waals surface area contributed by atoms with Gasteiger partial charge in [0.05, 0.1) is 0 Å². The Morgan fingerprint density at radius 1 is 1.23 bits per heavy atom. The van der Waals surface area contributed by atoms with Crippen LogP contribution in [0.25, 0.3) is 0 Å². The van der Waals surface area contributed by atoms with Crippen molar-refractivity contribution >= 4 is 23.6 Å². The van der Waals surface area contributed by atoms with Gasteiger partial charge in [-0.25, -0.2) is 0 Å². The zero-order chi connectivity index (χ0) is 15.9. The second-order valence-electron chi connectivity index (χ2n) is 4.84. The van der Waals surface area contributed by atoms with Crippen molar-refractivity contribution in [1.29, 1.82) is 0 Å². The van der Waals surface area contributed by atoms with E-state index in [0.29, 0.717) is 18.2 Å². The highest BCUT2D eigenvalue weighted by molar-refractivity contribution is 5.69. The Hall–Kier alpha value is -2.70. The maximum absolute atomic E-state index is 11.4. The molecule has 7 heteroatoms.